The van der Waals surface area contributed by atoms with Crippen molar-refractivity contribution in [2.45, 2.75) is 31.0 Å². The third kappa shape index (κ3) is 5.47. The van der Waals surface area contributed by atoms with Crippen LogP contribution in [0, 0.1) is 0 Å². The molecule has 6 nitrogen and oxygen atoms in total. The molecule has 1 atom stereocenters. The van der Waals surface area contributed by atoms with Gasteiger partial charge in [0.25, 0.3) is 0 Å². The molecule has 1 aliphatic rings. The number of piperazine rings is 1. The largest absolute Gasteiger partial charge is 0.340 e. The Bertz CT molecular complexity index is 1010. The molecule has 4 rings (SSSR count). The van der Waals surface area contributed by atoms with E-state index in [1.165, 1.54) is 0 Å². The van der Waals surface area contributed by atoms with E-state index in [2.05, 4.69) is 27.0 Å². The molecule has 0 spiro atoms. The SMILES string of the molecule is CC1CN(C(=O)CCCSc2nnc(-c3ccc(Cl)cc3)n2-c2ccccc2)CCN1. The van der Waals surface area contributed by atoms with Gasteiger partial charge in [-0.15, -0.1) is 10.2 Å². The Kier molecular flexibility index (Phi) is 7.27. The van der Waals surface area contributed by atoms with E-state index < -0.39 is 0 Å². The normalized spacial score (nSPS) is 16.5. The number of aromatic nitrogens is 3. The summed E-state index contributed by atoms with van der Waals surface area (Å²) in [5.74, 6) is 1.82. The quantitative estimate of drug-likeness (QED) is 0.425. The van der Waals surface area contributed by atoms with Crippen molar-refractivity contribution < 1.29 is 4.79 Å². The van der Waals surface area contributed by atoms with Gasteiger partial charge >= 0.3 is 0 Å². The highest BCUT2D eigenvalue weighted by molar-refractivity contribution is 7.99. The molecule has 0 aliphatic carbocycles. The van der Waals surface area contributed by atoms with Gasteiger partial charge in [0.05, 0.1) is 0 Å². The summed E-state index contributed by atoms with van der Waals surface area (Å²) >= 11 is 7.68. The Morgan fingerprint density at radius 1 is 1.16 bits per heavy atom. The Labute approximate surface area is 192 Å². The smallest absolute Gasteiger partial charge is 0.222 e. The van der Waals surface area contributed by atoms with Gasteiger partial charge in [-0.2, -0.15) is 0 Å². The first-order chi connectivity index (χ1) is 15.1. The molecule has 0 radical (unpaired) electrons. The summed E-state index contributed by atoms with van der Waals surface area (Å²) in [5, 5.41) is 13.8. The van der Waals surface area contributed by atoms with Crippen molar-refractivity contribution in [1.82, 2.24) is 25.0 Å². The lowest BCUT2D eigenvalue weighted by molar-refractivity contribution is -0.132. The molecule has 1 aliphatic heterocycles. The number of nitrogens with zero attached hydrogens (tertiary/aromatic N) is 4. The number of hydrogen-bond acceptors (Lipinski definition) is 5. The number of amides is 1. The third-order valence-corrected chi connectivity index (χ3v) is 6.50. The average molecular weight is 456 g/mol. The number of para-hydroxylation sites is 1. The number of carbonyl (C=O) groups excluding carboxylic acids is 1. The molecule has 1 saturated heterocycles. The zero-order valence-electron chi connectivity index (χ0n) is 17.5. The minimum absolute atomic E-state index is 0.236. The average Bonchev–Trinajstić information content (AvgIpc) is 3.21. The molecule has 2 heterocycles. The van der Waals surface area contributed by atoms with Crippen LogP contribution in [0.3, 0.4) is 0 Å². The number of rotatable bonds is 7. The molecule has 8 heteroatoms. The van der Waals surface area contributed by atoms with Gasteiger partial charge in [-0.25, -0.2) is 0 Å². The summed E-state index contributed by atoms with van der Waals surface area (Å²) in [6.07, 6.45) is 1.36. The summed E-state index contributed by atoms with van der Waals surface area (Å²) in [7, 11) is 0. The molecule has 1 fully saturated rings. The van der Waals surface area contributed by atoms with E-state index in [-0.39, 0.29) is 5.91 Å². The fourth-order valence-electron chi connectivity index (χ4n) is 3.66. The number of carbonyl (C=O) groups is 1. The number of nitrogens with one attached hydrogen (secondary N) is 1. The van der Waals surface area contributed by atoms with Gasteiger partial charge in [0, 0.05) is 54.1 Å². The van der Waals surface area contributed by atoms with E-state index in [0.29, 0.717) is 17.5 Å². The topological polar surface area (TPSA) is 63.1 Å². The molecular weight excluding hydrogens is 430 g/mol. The second-order valence-corrected chi connectivity index (χ2v) is 9.13. The van der Waals surface area contributed by atoms with Crippen LogP contribution >= 0.6 is 23.4 Å². The van der Waals surface area contributed by atoms with Crippen molar-refractivity contribution in [3.63, 3.8) is 0 Å². The maximum absolute atomic E-state index is 12.5. The van der Waals surface area contributed by atoms with Crippen molar-refractivity contribution in [2.24, 2.45) is 0 Å². The summed E-state index contributed by atoms with van der Waals surface area (Å²) < 4.78 is 2.06. The highest BCUT2D eigenvalue weighted by Gasteiger charge is 2.20. The monoisotopic (exact) mass is 455 g/mol. The van der Waals surface area contributed by atoms with Gasteiger partial charge in [-0.1, -0.05) is 41.6 Å². The van der Waals surface area contributed by atoms with Crippen LogP contribution in [0.1, 0.15) is 19.8 Å². The molecule has 1 N–H and O–H groups in total. The first kappa shape index (κ1) is 21.9. The molecule has 1 amide bonds. The summed E-state index contributed by atoms with van der Waals surface area (Å²) in [5.41, 5.74) is 1.96. The van der Waals surface area contributed by atoms with Gasteiger partial charge in [-0.05, 0) is 49.7 Å². The lowest BCUT2D eigenvalue weighted by atomic mass is 10.2. The molecule has 162 valence electrons. The first-order valence-electron chi connectivity index (χ1n) is 10.5. The number of thioether (sulfide) groups is 1. The van der Waals surface area contributed by atoms with E-state index in [1.807, 2.05) is 59.5 Å². The molecular formula is C23H26ClN5OS. The minimum Gasteiger partial charge on any atom is -0.340 e. The van der Waals surface area contributed by atoms with Crippen molar-refractivity contribution >= 4 is 29.3 Å². The molecule has 31 heavy (non-hydrogen) atoms. The van der Waals surface area contributed by atoms with E-state index in [0.717, 1.165) is 54.0 Å². The molecule has 2 aromatic carbocycles. The van der Waals surface area contributed by atoms with Crippen LogP contribution in [-0.4, -0.2) is 57.0 Å². The van der Waals surface area contributed by atoms with Crippen LogP contribution in [0.15, 0.2) is 59.8 Å². The second kappa shape index (κ2) is 10.3. The summed E-state index contributed by atoms with van der Waals surface area (Å²) in [6, 6.07) is 18.1. The number of benzene rings is 2. The lowest BCUT2D eigenvalue weighted by Crippen LogP contribution is -2.51. The summed E-state index contributed by atoms with van der Waals surface area (Å²) in [4.78, 5) is 14.5. The van der Waals surface area contributed by atoms with Crippen molar-refractivity contribution in [2.75, 3.05) is 25.4 Å². The second-order valence-electron chi connectivity index (χ2n) is 7.63. The van der Waals surface area contributed by atoms with Gasteiger partial charge in [0.2, 0.25) is 5.91 Å². The Hall–Kier alpha value is -2.35. The highest BCUT2D eigenvalue weighted by atomic mass is 35.5. The Morgan fingerprint density at radius 3 is 2.68 bits per heavy atom. The molecule has 0 saturated carbocycles. The fraction of sp³-hybridized carbons (Fsp3) is 0.348. The van der Waals surface area contributed by atoms with E-state index in [1.54, 1.807) is 11.8 Å². The Balaban J connectivity index is 1.44. The molecule has 0 bridgehead atoms. The van der Waals surface area contributed by atoms with Crippen LogP contribution in [-0.2, 0) is 4.79 Å². The van der Waals surface area contributed by atoms with Crippen LogP contribution in [0.5, 0.6) is 0 Å². The van der Waals surface area contributed by atoms with Crippen LogP contribution < -0.4 is 5.32 Å². The predicted octanol–water partition coefficient (Wildman–Crippen LogP) is 4.28. The van der Waals surface area contributed by atoms with Gasteiger partial charge in [0.15, 0.2) is 11.0 Å². The molecule has 3 aromatic rings. The van der Waals surface area contributed by atoms with Crippen LogP contribution in [0.25, 0.3) is 17.1 Å². The lowest BCUT2D eigenvalue weighted by Gasteiger charge is -2.32. The van der Waals surface area contributed by atoms with Crippen molar-refractivity contribution in [3.05, 3.63) is 59.6 Å². The number of hydrogen-bond donors (Lipinski definition) is 1. The third-order valence-electron chi connectivity index (χ3n) is 5.24. The highest BCUT2D eigenvalue weighted by Crippen LogP contribution is 2.29. The van der Waals surface area contributed by atoms with E-state index >= 15 is 0 Å². The zero-order chi connectivity index (χ0) is 21.6. The molecule has 1 aromatic heterocycles. The minimum atomic E-state index is 0.236. The van der Waals surface area contributed by atoms with E-state index in [9.17, 15) is 4.79 Å². The first-order valence-corrected chi connectivity index (χ1v) is 11.9. The molecule has 1 unspecified atom stereocenters. The van der Waals surface area contributed by atoms with Crippen molar-refractivity contribution in [3.8, 4) is 17.1 Å². The van der Waals surface area contributed by atoms with Gasteiger partial charge < -0.3 is 10.2 Å². The van der Waals surface area contributed by atoms with Crippen molar-refractivity contribution in [1.29, 1.82) is 0 Å². The number of halogens is 1. The standard InChI is InChI=1S/C23H26ClN5OS/c1-17-16-28(14-13-25-17)21(30)8-5-15-31-23-27-26-22(18-9-11-19(24)12-10-18)29(23)20-6-3-2-4-7-20/h2-4,6-7,9-12,17,25H,5,8,13-16H2,1H3. The van der Waals surface area contributed by atoms with E-state index in [4.69, 9.17) is 11.6 Å². The maximum atomic E-state index is 12.5. The van der Waals surface area contributed by atoms with Gasteiger partial charge in [-0.3, -0.25) is 9.36 Å². The zero-order valence-corrected chi connectivity index (χ0v) is 19.1. The Morgan fingerprint density at radius 2 is 1.94 bits per heavy atom. The van der Waals surface area contributed by atoms with Crippen LogP contribution in [0.2, 0.25) is 5.02 Å². The predicted molar refractivity (Wildman–Crippen MR) is 126 cm³/mol. The maximum Gasteiger partial charge on any atom is 0.222 e. The summed E-state index contributed by atoms with van der Waals surface area (Å²) in [6.45, 7) is 4.57. The van der Waals surface area contributed by atoms with Gasteiger partial charge in [0.1, 0.15) is 0 Å². The van der Waals surface area contributed by atoms with Crippen LogP contribution in [0.4, 0.5) is 0 Å². The fourth-order valence-corrected chi connectivity index (χ4v) is 4.68.